The van der Waals surface area contributed by atoms with Crippen LogP contribution in [0.2, 0.25) is 0 Å². The first-order valence-electron chi connectivity index (χ1n) is 6.52. The molecule has 9 heteroatoms. The van der Waals surface area contributed by atoms with Crippen LogP contribution in [0.4, 0.5) is 22.0 Å². The van der Waals surface area contributed by atoms with E-state index < -0.39 is 24.0 Å². The molecule has 1 heterocycles. The van der Waals surface area contributed by atoms with Crippen molar-refractivity contribution in [2.24, 2.45) is 0 Å². The van der Waals surface area contributed by atoms with Gasteiger partial charge in [-0.15, -0.1) is 0 Å². The number of rotatable bonds is 4. The Morgan fingerprint density at radius 1 is 1.19 bits per heavy atom. The third kappa shape index (κ3) is 3.81. The van der Waals surface area contributed by atoms with Crippen LogP contribution in [-0.2, 0) is 4.79 Å². The number of amides is 1. The molecule has 1 unspecified atom stereocenters. The Morgan fingerprint density at radius 3 is 2.10 bits per heavy atom. The summed E-state index contributed by atoms with van der Waals surface area (Å²) in [7, 11) is 0. The minimum atomic E-state index is -5.89. The third-order valence-electron chi connectivity index (χ3n) is 3.38. The average molecular weight is 313 g/mol. The number of hydrogen-bond acceptors (Lipinski definition) is 3. The first-order chi connectivity index (χ1) is 9.65. The molecular formula is C12H16F5N3O. The van der Waals surface area contributed by atoms with Gasteiger partial charge in [-0.1, -0.05) is 13.3 Å². The first-order valence-corrected chi connectivity index (χ1v) is 6.52. The third-order valence-corrected chi connectivity index (χ3v) is 3.38. The summed E-state index contributed by atoms with van der Waals surface area (Å²) in [5.74, 6) is -7.59. The summed E-state index contributed by atoms with van der Waals surface area (Å²) in [5.41, 5.74) is 0. The van der Waals surface area contributed by atoms with Crippen molar-refractivity contribution in [1.82, 2.24) is 9.80 Å². The number of carbonyl (C=O) groups is 1. The Hall–Kier alpha value is -1.43. The van der Waals surface area contributed by atoms with Gasteiger partial charge in [-0.3, -0.25) is 9.69 Å². The molecule has 0 spiro atoms. The molecule has 0 aliphatic carbocycles. The van der Waals surface area contributed by atoms with Crippen LogP contribution in [0.25, 0.3) is 0 Å². The molecule has 1 rings (SSSR count). The molecule has 0 bridgehead atoms. The Balaban J connectivity index is 2.65. The summed E-state index contributed by atoms with van der Waals surface area (Å²) in [6.45, 7) is 1.61. The maximum atomic E-state index is 13.0. The molecule has 0 N–H and O–H groups in total. The highest BCUT2D eigenvalue weighted by atomic mass is 19.4. The topological polar surface area (TPSA) is 47.3 Å². The molecule has 0 aromatic heterocycles. The van der Waals surface area contributed by atoms with Crippen LogP contribution in [-0.4, -0.2) is 60.0 Å². The maximum Gasteiger partial charge on any atom is 0.463 e. The van der Waals surface area contributed by atoms with Gasteiger partial charge in [0.2, 0.25) is 0 Å². The fourth-order valence-electron chi connectivity index (χ4n) is 2.16. The van der Waals surface area contributed by atoms with Crippen LogP contribution in [0.5, 0.6) is 0 Å². The van der Waals surface area contributed by atoms with Gasteiger partial charge in [0.25, 0.3) is 0 Å². The average Bonchev–Trinajstić information content (AvgIpc) is 2.43. The number of carbonyl (C=O) groups excluding carboxylic acids is 1. The zero-order valence-corrected chi connectivity index (χ0v) is 11.5. The van der Waals surface area contributed by atoms with E-state index in [2.05, 4.69) is 6.07 Å². The van der Waals surface area contributed by atoms with Gasteiger partial charge in [0.1, 0.15) is 0 Å². The van der Waals surface area contributed by atoms with Crippen molar-refractivity contribution in [1.29, 1.82) is 5.26 Å². The fraction of sp³-hybridized carbons (Fsp3) is 0.833. The molecule has 1 aliphatic rings. The lowest BCUT2D eigenvalue weighted by molar-refractivity contribution is -0.274. The van der Waals surface area contributed by atoms with Crippen LogP contribution in [0.3, 0.4) is 0 Å². The Labute approximate surface area is 119 Å². The van der Waals surface area contributed by atoms with Crippen molar-refractivity contribution in [3.63, 3.8) is 0 Å². The lowest BCUT2D eigenvalue weighted by atomic mass is 10.1. The lowest BCUT2D eigenvalue weighted by Crippen LogP contribution is -2.58. The highest BCUT2D eigenvalue weighted by Gasteiger charge is 2.64. The molecule has 1 atom stereocenters. The van der Waals surface area contributed by atoms with Gasteiger partial charge in [0.05, 0.1) is 12.1 Å². The molecule has 0 saturated carbocycles. The normalized spacial score (nSPS) is 19.2. The molecule has 4 nitrogen and oxygen atoms in total. The molecule has 1 saturated heterocycles. The van der Waals surface area contributed by atoms with Crippen molar-refractivity contribution < 1.29 is 26.7 Å². The van der Waals surface area contributed by atoms with Gasteiger partial charge in [-0.05, 0) is 6.42 Å². The van der Waals surface area contributed by atoms with Crippen molar-refractivity contribution in [3.8, 4) is 6.07 Å². The summed E-state index contributed by atoms with van der Waals surface area (Å²) in [6.07, 6.45) is -4.55. The molecule has 0 radical (unpaired) electrons. The number of hydrogen-bond donors (Lipinski definition) is 0. The standard InChI is InChI=1S/C12H16F5N3O/c1-2-3-9(8-18)19-4-6-20(7-5-19)10(21)11(13,14)12(15,16)17/h9H,2-7H2,1H3. The molecule has 0 aromatic rings. The Kier molecular flexibility index (Phi) is 5.50. The van der Waals surface area contributed by atoms with E-state index in [1.807, 2.05) is 6.92 Å². The van der Waals surface area contributed by atoms with Gasteiger partial charge in [-0.2, -0.15) is 27.2 Å². The predicted molar refractivity (Wildman–Crippen MR) is 63.5 cm³/mol. The second-order valence-electron chi connectivity index (χ2n) is 4.83. The van der Waals surface area contributed by atoms with E-state index in [-0.39, 0.29) is 26.2 Å². The summed E-state index contributed by atoms with van der Waals surface area (Å²) in [4.78, 5) is 13.5. The maximum absolute atomic E-state index is 13.0. The highest BCUT2D eigenvalue weighted by Crippen LogP contribution is 2.37. The summed E-state index contributed by atoms with van der Waals surface area (Å²) in [5, 5.41) is 8.98. The van der Waals surface area contributed by atoms with E-state index in [4.69, 9.17) is 5.26 Å². The minimum absolute atomic E-state index is 0.109. The van der Waals surface area contributed by atoms with Gasteiger partial charge >= 0.3 is 18.0 Å². The molecule has 1 amide bonds. The van der Waals surface area contributed by atoms with Crippen molar-refractivity contribution in [2.75, 3.05) is 26.2 Å². The fourth-order valence-corrected chi connectivity index (χ4v) is 2.16. The van der Waals surface area contributed by atoms with Gasteiger partial charge in [0.15, 0.2) is 0 Å². The van der Waals surface area contributed by atoms with Gasteiger partial charge in [-0.25, -0.2) is 0 Å². The number of alkyl halides is 5. The van der Waals surface area contributed by atoms with Gasteiger partial charge < -0.3 is 4.90 Å². The number of nitrogens with zero attached hydrogens (tertiary/aromatic N) is 3. The summed E-state index contributed by atoms with van der Waals surface area (Å²) >= 11 is 0. The van der Waals surface area contributed by atoms with Crippen molar-refractivity contribution >= 4 is 5.91 Å². The Morgan fingerprint density at radius 2 is 1.71 bits per heavy atom. The van der Waals surface area contributed by atoms with E-state index in [0.717, 1.165) is 6.42 Å². The van der Waals surface area contributed by atoms with E-state index in [1.165, 1.54) is 0 Å². The molecule has 21 heavy (non-hydrogen) atoms. The Bertz CT molecular complexity index is 410. The molecular weight excluding hydrogens is 297 g/mol. The van der Waals surface area contributed by atoms with Crippen LogP contribution in [0.1, 0.15) is 19.8 Å². The SMILES string of the molecule is CCCC(C#N)N1CCN(C(=O)C(F)(F)C(F)(F)F)CC1. The minimum Gasteiger partial charge on any atom is -0.335 e. The number of piperazine rings is 1. The smallest absolute Gasteiger partial charge is 0.335 e. The zero-order chi connectivity index (χ0) is 16.3. The second-order valence-corrected chi connectivity index (χ2v) is 4.83. The monoisotopic (exact) mass is 313 g/mol. The molecule has 0 aromatic carbocycles. The van der Waals surface area contributed by atoms with E-state index >= 15 is 0 Å². The number of nitriles is 1. The largest absolute Gasteiger partial charge is 0.463 e. The van der Waals surface area contributed by atoms with Crippen LogP contribution in [0, 0.1) is 11.3 Å². The van der Waals surface area contributed by atoms with E-state index in [0.29, 0.717) is 11.3 Å². The predicted octanol–water partition coefficient (Wildman–Crippen LogP) is 2.02. The van der Waals surface area contributed by atoms with Crippen molar-refractivity contribution in [2.45, 2.75) is 37.9 Å². The van der Waals surface area contributed by atoms with Crippen LogP contribution < -0.4 is 0 Å². The van der Waals surface area contributed by atoms with Crippen LogP contribution >= 0.6 is 0 Å². The summed E-state index contributed by atoms with van der Waals surface area (Å²) in [6, 6.07) is 1.66. The molecule has 1 aliphatic heterocycles. The van der Waals surface area contributed by atoms with E-state index in [1.54, 1.807) is 4.90 Å². The van der Waals surface area contributed by atoms with Crippen molar-refractivity contribution in [3.05, 3.63) is 0 Å². The zero-order valence-electron chi connectivity index (χ0n) is 11.5. The second kappa shape index (κ2) is 6.56. The summed E-state index contributed by atoms with van der Waals surface area (Å²) < 4.78 is 62.4. The molecule has 120 valence electrons. The van der Waals surface area contributed by atoms with E-state index in [9.17, 15) is 26.7 Å². The van der Waals surface area contributed by atoms with Crippen LogP contribution in [0.15, 0.2) is 0 Å². The van der Waals surface area contributed by atoms with Gasteiger partial charge in [0, 0.05) is 26.2 Å². The number of halogens is 5. The first kappa shape index (κ1) is 17.6. The molecule has 1 fully saturated rings. The quantitative estimate of drug-likeness (QED) is 0.746. The lowest BCUT2D eigenvalue weighted by Gasteiger charge is -2.38. The highest BCUT2D eigenvalue weighted by molar-refractivity contribution is 5.84.